The molecule has 106 valence electrons. The number of methoxy groups -OCH3 is 1. The Morgan fingerprint density at radius 3 is 2.55 bits per heavy atom. The van der Waals surface area contributed by atoms with Crippen molar-refractivity contribution in [2.45, 2.75) is 12.7 Å². The first kappa shape index (κ1) is 15.8. The third-order valence-electron chi connectivity index (χ3n) is 2.97. The number of halogens is 2. The molecule has 0 aliphatic carbocycles. The molecule has 1 atom stereocenters. The van der Waals surface area contributed by atoms with E-state index in [-0.39, 0.29) is 6.10 Å². The van der Waals surface area contributed by atoms with E-state index in [0.29, 0.717) is 6.61 Å². The van der Waals surface area contributed by atoms with E-state index in [0.717, 1.165) is 20.2 Å². The summed E-state index contributed by atoms with van der Waals surface area (Å²) in [6, 6.07) is 16.3. The summed E-state index contributed by atoms with van der Waals surface area (Å²) in [7, 11) is 1.68. The van der Waals surface area contributed by atoms with Gasteiger partial charge in [-0.15, -0.1) is 0 Å². The molecule has 0 aliphatic heterocycles. The lowest BCUT2D eigenvalue weighted by Gasteiger charge is -2.16. The summed E-state index contributed by atoms with van der Waals surface area (Å²) >= 11 is 5.79. The Hall–Kier alpha value is -0.590. The van der Waals surface area contributed by atoms with Gasteiger partial charge in [-0.05, 0) is 35.4 Å². The van der Waals surface area contributed by atoms with Gasteiger partial charge in [0, 0.05) is 8.90 Å². The monoisotopic (exact) mass is 446 g/mol. The average molecular weight is 447 g/mol. The van der Waals surface area contributed by atoms with Crippen LogP contribution in [0, 0.1) is 0 Å². The lowest BCUT2D eigenvalue weighted by Crippen LogP contribution is -2.06. The second kappa shape index (κ2) is 8.00. The zero-order valence-electron chi connectivity index (χ0n) is 11.2. The van der Waals surface area contributed by atoms with Crippen molar-refractivity contribution in [3.63, 3.8) is 0 Å². The third kappa shape index (κ3) is 4.46. The van der Waals surface area contributed by atoms with Crippen LogP contribution in [0.1, 0.15) is 17.2 Å². The van der Waals surface area contributed by atoms with Crippen LogP contribution in [-0.4, -0.2) is 11.5 Å². The first-order valence-corrected chi connectivity index (χ1v) is 8.60. The molecule has 0 N–H and O–H groups in total. The molecule has 2 rings (SSSR count). The number of hydrogen-bond acceptors (Lipinski definition) is 2. The van der Waals surface area contributed by atoms with Crippen LogP contribution in [0.3, 0.4) is 0 Å². The van der Waals surface area contributed by atoms with Crippen molar-refractivity contribution in [1.82, 2.24) is 0 Å². The summed E-state index contributed by atoms with van der Waals surface area (Å²) in [5.41, 5.74) is 2.32. The Morgan fingerprint density at radius 1 is 1.15 bits per heavy atom. The van der Waals surface area contributed by atoms with Gasteiger partial charge in [0.2, 0.25) is 0 Å². The van der Waals surface area contributed by atoms with Crippen LogP contribution < -0.4 is 4.74 Å². The maximum absolute atomic E-state index is 6.02. The number of ether oxygens (including phenoxy) is 2. The minimum Gasteiger partial charge on any atom is -0.497 e. The fourth-order valence-corrected chi connectivity index (χ4v) is 2.88. The number of hydrogen-bond donors (Lipinski definition) is 0. The maximum Gasteiger partial charge on any atom is 0.119 e. The first-order valence-electron chi connectivity index (χ1n) is 6.29. The van der Waals surface area contributed by atoms with Gasteiger partial charge in [-0.1, -0.05) is 62.8 Å². The molecule has 0 aromatic heterocycles. The lowest BCUT2D eigenvalue weighted by molar-refractivity contribution is 0.0576. The van der Waals surface area contributed by atoms with Crippen LogP contribution in [0.2, 0.25) is 0 Å². The predicted octanol–water partition coefficient (Wildman–Crippen LogP) is 5.15. The van der Waals surface area contributed by atoms with E-state index in [9.17, 15) is 0 Å². The molecule has 0 aliphatic rings. The van der Waals surface area contributed by atoms with Gasteiger partial charge in [-0.3, -0.25) is 0 Å². The highest BCUT2D eigenvalue weighted by molar-refractivity contribution is 14.1. The molecule has 20 heavy (non-hydrogen) atoms. The van der Waals surface area contributed by atoms with Crippen LogP contribution in [-0.2, 0) is 11.3 Å². The summed E-state index contributed by atoms with van der Waals surface area (Å²) < 4.78 is 13.3. The molecule has 2 aromatic rings. The Morgan fingerprint density at radius 2 is 1.90 bits per heavy atom. The number of rotatable bonds is 6. The molecular formula is C16H16BrIO2. The minimum atomic E-state index is 0.0781. The van der Waals surface area contributed by atoms with Gasteiger partial charge in [-0.2, -0.15) is 0 Å². The van der Waals surface area contributed by atoms with Gasteiger partial charge in [0.1, 0.15) is 5.75 Å². The topological polar surface area (TPSA) is 18.5 Å². The van der Waals surface area contributed by atoms with Crippen molar-refractivity contribution < 1.29 is 9.47 Å². The van der Waals surface area contributed by atoms with Gasteiger partial charge < -0.3 is 9.47 Å². The van der Waals surface area contributed by atoms with Crippen molar-refractivity contribution in [2.24, 2.45) is 0 Å². The molecule has 1 unspecified atom stereocenters. The van der Waals surface area contributed by atoms with Crippen LogP contribution in [0.4, 0.5) is 0 Å². The molecule has 0 bridgehead atoms. The van der Waals surface area contributed by atoms with Gasteiger partial charge in [0.25, 0.3) is 0 Å². The normalized spacial score (nSPS) is 12.2. The second-order valence-corrected chi connectivity index (χ2v) is 6.15. The van der Waals surface area contributed by atoms with Gasteiger partial charge >= 0.3 is 0 Å². The van der Waals surface area contributed by atoms with Crippen LogP contribution in [0.5, 0.6) is 5.75 Å². The molecule has 2 nitrogen and oxygen atoms in total. The molecule has 0 fully saturated rings. The van der Waals surface area contributed by atoms with Crippen LogP contribution in [0.25, 0.3) is 0 Å². The van der Waals surface area contributed by atoms with Crippen LogP contribution in [0.15, 0.2) is 53.0 Å². The first-order chi connectivity index (χ1) is 9.72. The van der Waals surface area contributed by atoms with Crippen molar-refractivity contribution in [2.75, 3.05) is 11.5 Å². The Labute approximate surface area is 141 Å². The van der Waals surface area contributed by atoms with E-state index in [1.807, 2.05) is 30.3 Å². The van der Waals surface area contributed by atoms with Crippen molar-refractivity contribution in [3.05, 3.63) is 64.1 Å². The van der Waals surface area contributed by atoms with E-state index in [4.69, 9.17) is 9.47 Å². The highest BCUT2D eigenvalue weighted by Gasteiger charge is 2.11. The standard InChI is InChI=1S/C16H16BrIO2/c1-19-15-4-2-3-13(9-15)16(10-18)20-11-12-5-7-14(17)8-6-12/h2-9,16H,10-11H2,1H3. The minimum absolute atomic E-state index is 0.0781. The largest absolute Gasteiger partial charge is 0.497 e. The fourth-order valence-electron chi connectivity index (χ4n) is 1.85. The third-order valence-corrected chi connectivity index (χ3v) is 4.30. The molecular weight excluding hydrogens is 431 g/mol. The highest BCUT2D eigenvalue weighted by Crippen LogP contribution is 2.25. The quantitative estimate of drug-likeness (QED) is 0.451. The summed E-state index contributed by atoms with van der Waals surface area (Å²) in [6.07, 6.45) is 0.0781. The predicted molar refractivity (Wildman–Crippen MR) is 93.6 cm³/mol. The van der Waals surface area contributed by atoms with Crippen LogP contribution >= 0.6 is 38.5 Å². The van der Waals surface area contributed by atoms with Crippen molar-refractivity contribution in [3.8, 4) is 5.75 Å². The maximum atomic E-state index is 6.02. The SMILES string of the molecule is COc1cccc(C(CI)OCc2ccc(Br)cc2)c1. The van der Waals surface area contributed by atoms with Gasteiger partial charge in [0.15, 0.2) is 0 Å². The Balaban J connectivity index is 2.03. The zero-order chi connectivity index (χ0) is 14.4. The molecule has 0 saturated carbocycles. The van der Waals surface area contributed by atoms with E-state index in [1.165, 1.54) is 5.56 Å². The number of benzene rings is 2. The van der Waals surface area contributed by atoms with E-state index in [1.54, 1.807) is 7.11 Å². The smallest absolute Gasteiger partial charge is 0.119 e. The summed E-state index contributed by atoms with van der Waals surface area (Å²) in [5, 5.41) is 0. The molecule has 0 spiro atoms. The van der Waals surface area contributed by atoms with Crippen molar-refractivity contribution >= 4 is 38.5 Å². The summed E-state index contributed by atoms with van der Waals surface area (Å²) in [4.78, 5) is 0. The van der Waals surface area contributed by atoms with Gasteiger partial charge in [0.05, 0.1) is 19.8 Å². The molecule has 0 saturated heterocycles. The zero-order valence-corrected chi connectivity index (χ0v) is 14.9. The lowest BCUT2D eigenvalue weighted by atomic mass is 10.1. The molecule has 0 amide bonds. The molecule has 2 aromatic carbocycles. The Bertz CT molecular complexity index is 542. The van der Waals surface area contributed by atoms with Gasteiger partial charge in [-0.25, -0.2) is 0 Å². The summed E-state index contributed by atoms with van der Waals surface area (Å²) in [6.45, 7) is 0.609. The average Bonchev–Trinajstić information content (AvgIpc) is 2.50. The number of alkyl halides is 1. The molecule has 0 heterocycles. The molecule has 0 radical (unpaired) electrons. The van der Waals surface area contributed by atoms with E-state index < -0.39 is 0 Å². The second-order valence-electron chi connectivity index (χ2n) is 4.36. The van der Waals surface area contributed by atoms with E-state index in [2.05, 4.69) is 56.7 Å². The summed E-state index contributed by atoms with van der Waals surface area (Å²) in [5.74, 6) is 0.865. The van der Waals surface area contributed by atoms with Crippen molar-refractivity contribution in [1.29, 1.82) is 0 Å². The molecule has 4 heteroatoms. The fraction of sp³-hybridized carbons (Fsp3) is 0.250. The highest BCUT2D eigenvalue weighted by atomic mass is 127. The Kier molecular flexibility index (Phi) is 6.32. The van der Waals surface area contributed by atoms with E-state index >= 15 is 0 Å².